The summed E-state index contributed by atoms with van der Waals surface area (Å²) in [5, 5.41) is 17.1. The zero-order valence-corrected chi connectivity index (χ0v) is 13.1. The highest BCUT2D eigenvalue weighted by Gasteiger charge is 2.08. The Balaban J connectivity index is 1.94. The van der Waals surface area contributed by atoms with Crippen molar-refractivity contribution in [2.24, 2.45) is 5.73 Å². The minimum absolute atomic E-state index is 0.0542. The predicted octanol–water partition coefficient (Wildman–Crippen LogP) is 1.41. The van der Waals surface area contributed by atoms with Crippen LogP contribution in [0.4, 0.5) is 10.9 Å². The van der Waals surface area contributed by atoms with Gasteiger partial charge in [-0.25, -0.2) is 9.97 Å². The number of thiazole rings is 1. The SMILES string of the molecule is CC(N)c1csc(Nc2ccc(C(=O)NCCCO)cn2)n1. The van der Waals surface area contributed by atoms with Crippen molar-refractivity contribution < 1.29 is 9.90 Å². The molecule has 8 heteroatoms. The number of hydrogen-bond donors (Lipinski definition) is 4. The molecule has 1 amide bonds. The molecule has 2 aromatic heterocycles. The van der Waals surface area contributed by atoms with Crippen LogP contribution in [-0.2, 0) is 0 Å². The predicted molar refractivity (Wildman–Crippen MR) is 86.3 cm³/mol. The lowest BCUT2D eigenvalue weighted by atomic mass is 10.2. The first-order valence-electron chi connectivity index (χ1n) is 6.93. The number of aliphatic hydroxyl groups excluding tert-OH is 1. The number of nitrogens with one attached hydrogen (secondary N) is 2. The van der Waals surface area contributed by atoms with Crippen molar-refractivity contribution in [2.75, 3.05) is 18.5 Å². The van der Waals surface area contributed by atoms with E-state index in [2.05, 4.69) is 20.6 Å². The van der Waals surface area contributed by atoms with Crippen LogP contribution >= 0.6 is 11.3 Å². The Kier molecular flexibility index (Phi) is 5.82. The molecule has 0 fully saturated rings. The maximum absolute atomic E-state index is 11.8. The third-order valence-corrected chi connectivity index (χ3v) is 3.65. The molecule has 1 unspecified atom stereocenters. The normalized spacial score (nSPS) is 12.0. The van der Waals surface area contributed by atoms with Crippen molar-refractivity contribution in [3.05, 3.63) is 35.0 Å². The van der Waals surface area contributed by atoms with E-state index in [0.717, 1.165) is 5.69 Å². The van der Waals surface area contributed by atoms with Gasteiger partial charge in [0.25, 0.3) is 5.91 Å². The van der Waals surface area contributed by atoms with E-state index < -0.39 is 0 Å². The molecule has 7 nitrogen and oxygen atoms in total. The van der Waals surface area contributed by atoms with Gasteiger partial charge in [-0.15, -0.1) is 11.3 Å². The van der Waals surface area contributed by atoms with Crippen LogP contribution in [0, 0.1) is 0 Å². The van der Waals surface area contributed by atoms with Gasteiger partial charge in [-0.3, -0.25) is 4.79 Å². The van der Waals surface area contributed by atoms with Crippen molar-refractivity contribution in [3.63, 3.8) is 0 Å². The van der Waals surface area contributed by atoms with E-state index in [0.29, 0.717) is 29.5 Å². The quantitative estimate of drug-likeness (QED) is 0.574. The first-order chi connectivity index (χ1) is 10.6. The average Bonchev–Trinajstić information content (AvgIpc) is 2.97. The summed E-state index contributed by atoms with van der Waals surface area (Å²) in [4.78, 5) is 20.3. The van der Waals surface area contributed by atoms with Gasteiger partial charge in [-0.05, 0) is 25.5 Å². The van der Waals surface area contributed by atoms with Crippen LogP contribution in [0.1, 0.15) is 35.4 Å². The van der Waals surface area contributed by atoms with Crippen LogP contribution < -0.4 is 16.4 Å². The lowest BCUT2D eigenvalue weighted by molar-refractivity contribution is 0.0951. The molecular formula is C14H19N5O2S. The molecule has 0 radical (unpaired) electrons. The summed E-state index contributed by atoms with van der Waals surface area (Å²) in [6, 6.07) is 3.29. The smallest absolute Gasteiger partial charge is 0.252 e. The highest BCUT2D eigenvalue weighted by atomic mass is 32.1. The number of pyridine rings is 1. The van der Waals surface area contributed by atoms with Gasteiger partial charge in [-0.2, -0.15) is 0 Å². The molecule has 0 aliphatic carbocycles. The number of nitrogens with two attached hydrogens (primary N) is 1. The fourth-order valence-corrected chi connectivity index (χ4v) is 2.47. The molecule has 1 atom stereocenters. The lowest BCUT2D eigenvalue weighted by Gasteiger charge is -2.05. The van der Waals surface area contributed by atoms with Gasteiger partial charge in [-0.1, -0.05) is 0 Å². The maximum Gasteiger partial charge on any atom is 0.252 e. The molecule has 0 saturated heterocycles. The number of anilines is 2. The Bertz CT molecular complexity index is 612. The summed E-state index contributed by atoms with van der Waals surface area (Å²) in [5.41, 5.74) is 7.06. The van der Waals surface area contributed by atoms with Gasteiger partial charge >= 0.3 is 0 Å². The summed E-state index contributed by atoms with van der Waals surface area (Å²) in [7, 11) is 0. The summed E-state index contributed by atoms with van der Waals surface area (Å²) in [5.74, 6) is 0.401. The van der Waals surface area contributed by atoms with E-state index in [-0.39, 0.29) is 18.6 Å². The fourth-order valence-electron chi connectivity index (χ4n) is 1.65. The number of carbonyl (C=O) groups excluding carboxylic acids is 1. The largest absolute Gasteiger partial charge is 0.396 e. The molecule has 0 aliphatic rings. The van der Waals surface area contributed by atoms with E-state index >= 15 is 0 Å². The third-order valence-electron chi connectivity index (χ3n) is 2.87. The van der Waals surface area contributed by atoms with Crippen molar-refractivity contribution in [1.82, 2.24) is 15.3 Å². The topological polar surface area (TPSA) is 113 Å². The molecule has 2 rings (SSSR count). The lowest BCUT2D eigenvalue weighted by Crippen LogP contribution is -2.25. The van der Waals surface area contributed by atoms with Crippen molar-refractivity contribution in [2.45, 2.75) is 19.4 Å². The molecule has 118 valence electrons. The summed E-state index contributed by atoms with van der Waals surface area (Å²) < 4.78 is 0. The monoisotopic (exact) mass is 321 g/mol. The Labute approximate surface area is 132 Å². The summed E-state index contributed by atoms with van der Waals surface area (Å²) in [6.07, 6.45) is 2.03. The van der Waals surface area contributed by atoms with Crippen LogP contribution in [0.25, 0.3) is 0 Å². The molecule has 0 aliphatic heterocycles. The molecule has 22 heavy (non-hydrogen) atoms. The second-order valence-electron chi connectivity index (χ2n) is 4.76. The van der Waals surface area contributed by atoms with Crippen LogP contribution in [0.2, 0.25) is 0 Å². The molecule has 0 saturated carbocycles. The van der Waals surface area contributed by atoms with E-state index in [1.165, 1.54) is 17.5 Å². The standard InChI is InChI=1S/C14H19N5O2S/c1-9(15)11-8-22-14(18-11)19-12-4-3-10(7-17-12)13(21)16-5-2-6-20/h3-4,7-9,20H,2,5-6,15H2,1H3,(H,16,21)(H,17,18,19). The van der Waals surface area contributed by atoms with E-state index in [1.54, 1.807) is 12.1 Å². The van der Waals surface area contributed by atoms with Crippen molar-refractivity contribution >= 4 is 28.2 Å². The van der Waals surface area contributed by atoms with Crippen LogP contribution in [0.3, 0.4) is 0 Å². The second-order valence-corrected chi connectivity index (χ2v) is 5.61. The first-order valence-corrected chi connectivity index (χ1v) is 7.81. The highest BCUT2D eigenvalue weighted by molar-refractivity contribution is 7.13. The van der Waals surface area contributed by atoms with Crippen LogP contribution in [-0.4, -0.2) is 34.1 Å². The first kappa shape index (κ1) is 16.3. The molecule has 0 bridgehead atoms. The summed E-state index contributed by atoms with van der Waals surface area (Å²) >= 11 is 1.45. The minimum atomic E-state index is -0.207. The molecule has 0 spiro atoms. The van der Waals surface area contributed by atoms with Gasteiger partial charge in [0.2, 0.25) is 0 Å². The molecule has 5 N–H and O–H groups in total. The zero-order chi connectivity index (χ0) is 15.9. The van der Waals surface area contributed by atoms with Gasteiger partial charge in [0.15, 0.2) is 5.13 Å². The zero-order valence-electron chi connectivity index (χ0n) is 12.2. The number of aromatic nitrogens is 2. The van der Waals surface area contributed by atoms with Crippen LogP contribution in [0.15, 0.2) is 23.7 Å². The maximum atomic E-state index is 11.8. The van der Waals surface area contributed by atoms with E-state index in [9.17, 15) is 4.79 Å². The fraction of sp³-hybridized carbons (Fsp3) is 0.357. The van der Waals surface area contributed by atoms with Crippen LogP contribution in [0.5, 0.6) is 0 Å². The van der Waals surface area contributed by atoms with Crippen molar-refractivity contribution in [3.8, 4) is 0 Å². The van der Waals surface area contributed by atoms with Gasteiger partial charge in [0.1, 0.15) is 5.82 Å². The molecule has 2 heterocycles. The third kappa shape index (κ3) is 4.48. The van der Waals surface area contributed by atoms with Gasteiger partial charge in [0, 0.05) is 30.8 Å². The van der Waals surface area contributed by atoms with Gasteiger partial charge in [0.05, 0.1) is 11.3 Å². The Morgan fingerprint density at radius 2 is 2.32 bits per heavy atom. The Morgan fingerprint density at radius 1 is 1.50 bits per heavy atom. The Morgan fingerprint density at radius 3 is 2.91 bits per heavy atom. The van der Waals surface area contributed by atoms with Crippen molar-refractivity contribution in [1.29, 1.82) is 0 Å². The number of nitrogens with zero attached hydrogens (tertiary/aromatic N) is 2. The second kappa shape index (κ2) is 7.83. The number of aliphatic hydroxyl groups is 1. The van der Waals surface area contributed by atoms with Gasteiger partial charge < -0.3 is 21.5 Å². The number of amides is 1. The molecular weight excluding hydrogens is 302 g/mol. The molecule has 2 aromatic rings. The van der Waals surface area contributed by atoms with E-state index in [4.69, 9.17) is 10.8 Å². The summed E-state index contributed by atoms with van der Waals surface area (Å²) in [6.45, 7) is 2.37. The number of hydrogen-bond acceptors (Lipinski definition) is 7. The van der Waals surface area contributed by atoms with E-state index in [1.807, 2.05) is 12.3 Å². The Hall–Kier alpha value is -2.03. The molecule has 0 aromatic carbocycles. The average molecular weight is 321 g/mol. The highest BCUT2D eigenvalue weighted by Crippen LogP contribution is 2.22. The number of rotatable bonds is 7. The number of carbonyl (C=O) groups is 1. The minimum Gasteiger partial charge on any atom is -0.396 e.